The highest BCUT2D eigenvalue weighted by Gasteiger charge is 2.02. The summed E-state index contributed by atoms with van der Waals surface area (Å²) >= 11 is 0. The number of ketones is 1. The lowest BCUT2D eigenvalue weighted by atomic mass is 10.1. The Bertz CT molecular complexity index is 403. The minimum absolute atomic E-state index is 0.323. The van der Waals surface area contributed by atoms with E-state index in [0.717, 1.165) is 31.4 Å². The van der Waals surface area contributed by atoms with Crippen LogP contribution in [0.1, 0.15) is 45.4 Å². The van der Waals surface area contributed by atoms with Gasteiger partial charge in [0, 0.05) is 18.5 Å². The van der Waals surface area contributed by atoms with E-state index in [4.69, 9.17) is 4.74 Å². The van der Waals surface area contributed by atoms with Crippen molar-refractivity contribution < 1.29 is 14.3 Å². The van der Waals surface area contributed by atoms with Gasteiger partial charge in [-0.3, -0.25) is 10.1 Å². The highest BCUT2D eigenvalue weighted by atomic mass is 16.5. The molecule has 0 aliphatic carbocycles. The maximum Gasteiger partial charge on any atom is 0.411 e. The van der Waals surface area contributed by atoms with Gasteiger partial charge in [-0.05, 0) is 25.0 Å². The first-order valence-corrected chi connectivity index (χ1v) is 7.23. The topological polar surface area (TPSA) is 55.4 Å². The van der Waals surface area contributed by atoms with Crippen molar-refractivity contribution in [2.75, 3.05) is 11.9 Å². The van der Waals surface area contributed by atoms with Crippen molar-refractivity contribution >= 4 is 17.6 Å². The quantitative estimate of drug-likeness (QED) is 0.689. The lowest BCUT2D eigenvalue weighted by Gasteiger charge is -2.06. The third kappa shape index (κ3) is 7.56. The van der Waals surface area contributed by atoms with Gasteiger partial charge < -0.3 is 4.74 Å². The zero-order chi connectivity index (χ0) is 14.6. The summed E-state index contributed by atoms with van der Waals surface area (Å²) in [6, 6.07) is 9.22. The summed E-state index contributed by atoms with van der Waals surface area (Å²) in [6.07, 6.45) is 4.64. The molecule has 0 saturated heterocycles. The van der Waals surface area contributed by atoms with Crippen LogP contribution in [0.15, 0.2) is 30.3 Å². The number of carbonyl (C=O) groups excluding carboxylic acids is 2. The molecule has 4 nitrogen and oxygen atoms in total. The van der Waals surface area contributed by atoms with Crippen LogP contribution in [0.2, 0.25) is 0 Å². The number of hydrogen-bond acceptors (Lipinski definition) is 3. The number of amides is 1. The van der Waals surface area contributed by atoms with Crippen molar-refractivity contribution in [3.63, 3.8) is 0 Å². The maximum atomic E-state index is 11.5. The van der Waals surface area contributed by atoms with Crippen LogP contribution in [0.3, 0.4) is 0 Å². The Balaban J connectivity index is 1.98. The number of rotatable bonds is 9. The molecule has 1 amide bonds. The molecule has 0 aliphatic rings. The van der Waals surface area contributed by atoms with Gasteiger partial charge in [-0.2, -0.15) is 0 Å². The molecule has 0 aliphatic heterocycles. The lowest BCUT2D eigenvalue weighted by Crippen LogP contribution is -2.14. The number of benzene rings is 1. The molecule has 1 N–H and O–H groups in total. The molecule has 1 aromatic carbocycles. The van der Waals surface area contributed by atoms with E-state index in [9.17, 15) is 9.59 Å². The maximum absolute atomic E-state index is 11.5. The summed E-state index contributed by atoms with van der Waals surface area (Å²) in [7, 11) is 0. The van der Waals surface area contributed by atoms with Crippen molar-refractivity contribution in [1.82, 2.24) is 0 Å². The van der Waals surface area contributed by atoms with Crippen molar-refractivity contribution in [2.24, 2.45) is 0 Å². The second-order valence-corrected chi connectivity index (χ2v) is 4.68. The van der Waals surface area contributed by atoms with Crippen LogP contribution in [0, 0.1) is 0 Å². The minimum atomic E-state index is -0.419. The molecule has 110 valence electrons. The summed E-state index contributed by atoms with van der Waals surface area (Å²) in [6.45, 7) is 2.31. The van der Waals surface area contributed by atoms with Gasteiger partial charge in [0.25, 0.3) is 0 Å². The number of unbranched alkanes of at least 4 members (excludes halogenated alkanes) is 3. The van der Waals surface area contributed by atoms with Gasteiger partial charge in [0.1, 0.15) is 5.78 Å². The molecule has 0 aromatic heterocycles. The zero-order valence-corrected chi connectivity index (χ0v) is 12.1. The first-order chi connectivity index (χ1) is 9.72. The first kappa shape index (κ1) is 16.2. The Hall–Kier alpha value is -1.84. The number of anilines is 1. The van der Waals surface area contributed by atoms with E-state index in [1.165, 1.54) is 0 Å². The van der Waals surface area contributed by atoms with E-state index in [2.05, 4.69) is 5.32 Å². The number of Topliss-reactive ketones (excluding diaryl/α,β-unsaturated/α-hetero) is 1. The van der Waals surface area contributed by atoms with Crippen LogP contribution in [-0.4, -0.2) is 18.5 Å². The molecule has 0 atom stereocenters. The molecule has 0 saturated carbocycles. The van der Waals surface area contributed by atoms with Crippen molar-refractivity contribution in [2.45, 2.75) is 45.4 Å². The van der Waals surface area contributed by atoms with Crippen LogP contribution in [0.5, 0.6) is 0 Å². The number of carbonyl (C=O) groups is 2. The van der Waals surface area contributed by atoms with Crippen LogP contribution >= 0.6 is 0 Å². The normalized spacial score (nSPS) is 10.1. The summed E-state index contributed by atoms with van der Waals surface area (Å²) in [5.41, 5.74) is 0.732. The lowest BCUT2D eigenvalue weighted by molar-refractivity contribution is -0.118. The predicted molar refractivity (Wildman–Crippen MR) is 79.8 cm³/mol. The van der Waals surface area contributed by atoms with E-state index in [1.54, 1.807) is 0 Å². The zero-order valence-electron chi connectivity index (χ0n) is 12.1. The average molecular weight is 277 g/mol. The Kier molecular flexibility index (Phi) is 8.11. The van der Waals surface area contributed by atoms with Crippen LogP contribution in [0.4, 0.5) is 10.5 Å². The largest absolute Gasteiger partial charge is 0.449 e. The molecular formula is C16H23NO3. The van der Waals surface area contributed by atoms with Crippen molar-refractivity contribution in [3.8, 4) is 0 Å². The Morgan fingerprint density at radius 2 is 1.75 bits per heavy atom. The monoisotopic (exact) mass is 277 g/mol. The van der Waals surface area contributed by atoms with Gasteiger partial charge in [0.15, 0.2) is 0 Å². The van der Waals surface area contributed by atoms with Gasteiger partial charge in [0.05, 0.1) is 6.61 Å². The van der Waals surface area contributed by atoms with E-state index in [0.29, 0.717) is 25.2 Å². The molecule has 0 heterocycles. The van der Waals surface area contributed by atoms with Crippen molar-refractivity contribution in [1.29, 1.82) is 0 Å². The second kappa shape index (κ2) is 10.0. The third-order valence-corrected chi connectivity index (χ3v) is 3.00. The Labute approximate surface area is 120 Å². The van der Waals surface area contributed by atoms with E-state index < -0.39 is 6.09 Å². The average Bonchev–Trinajstić information content (AvgIpc) is 2.47. The number of nitrogens with one attached hydrogen (secondary N) is 1. The van der Waals surface area contributed by atoms with Crippen LogP contribution < -0.4 is 5.32 Å². The highest BCUT2D eigenvalue weighted by molar-refractivity contribution is 5.84. The van der Waals surface area contributed by atoms with Gasteiger partial charge in [-0.15, -0.1) is 0 Å². The van der Waals surface area contributed by atoms with Gasteiger partial charge in [-0.1, -0.05) is 38.0 Å². The molecular weight excluding hydrogens is 254 g/mol. The van der Waals surface area contributed by atoms with Gasteiger partial charge in [0.2, 0.25) is 0 Å². The molecule has 0 fully saturated rings. The highest BCUT2D eigenvalue weighted by Crippen LogP contribution is 2.07. The molecule has 20 heavy (non-hydrogen) atoms. The second-order valence-electron chi connectivity index (χ2n) is 4.68. The number of hydrogen-bond donors (Lipinski definition) is 1. The molecule has 4 heteroatoms. The molecule has 0 bridgehead atoms. The summed E-state index contributed by atoms with van der Waals surface area (Å²) < 4.78 is 5.08. The van der Waals surface area contributed by atoms with E-state index in [1.807, 2.05) is 37.3 Å². The fourth-order valence-electron chi connectivity index (χ4n) is 1.79. The van der Waals surface area contributed by atoms with E-state index >= 15 is 0 Å². The fourth-order valence-corrected chi connectivity index (χ4v) is 1.79. The molecule has 1 aromatic rings. The van der Waals surface area contributed by atoms with Crippen LogP contribution in [0.25, 0.3) is 0 Å². The predicted octanol–water partition coefficient (Wildman–Crippen LogP) is 4.16. The smallest absolute Gasteiger partial charge is 0.411 e. The number of para-hydroxylation sites is 1. The first-order valence-electron chi connectivity index (χ1n) is 7.23. The summed E-state index contributed by atoms with van der Waals surface area (Å²) in [4.78, 5) is 22.5. The Morgan fingerprint density at radius 3 is 2.45 bits per heavy atom. The van der Waals surface area contributed by atoms with Gasteiger partial charge in [-0.25, -0.2) is 4.79 Å². The molecule has 0 spiro atoms. The summed E-state index contributed by atoms with van der Waals surface area (Å²) in [5.74, 6) is 0.323. The molecule has 0 radical (unpaired) electrons. The summed E-state index contributed by atoms with van der Waals surface area (Å²) in [5, 5.41) is 2.66. The SMILES string of the molecule is CCC(=O)CCCCCCOC(=O)Nc1ccccc1. The van der Waals surface area contributed by atoms with Crippen molar-refractivity contribution in [3.05, 3.63) is 30.3 Å². The third-order valence-electron chi connectivity index (χ3n) is 3.00. The molecule has 1 rings (SSSR count). The minimum Gasteiger partial charge on any atom is -0.449 e. The van der Waals surface area contributed by atoms with Crippen LogP contribution in [-0.2, 0) is 9.53 Å². The standard InChI is InChI=1S/C16H23NO3/c1-2-15(18)12-8-3-4-9-13-20-16(19)17-14-10-6-5-7-11-14/h5-7,10-11H,2-4,8-9,12-13H2,1H3,(H,17,19). The van der Waals surface area contributed by atoms with E-state index in [-0.39, 0.29) is 0 Å². The Morgan fingerprint density at radius 1 is 1.05 bits per heavy atom. The fraction of sp³-hybridized carbons (Fsp3) is 0.500. The van der Waals surface area contributed by atoms with Gasteiger partial charge >= 0.3 is 6.09 Å². The molecule has 0 unspecified atom stereocenters. The number of ether oxygens (including phenoxy) is 1.